The van der Waals surface area contributed by atoms with Crippen molar-refractivity contribution >= 4 is 0 Å². The van der Waals surface area contributed by atoms with Crippen LogP contribution in [-0.4, -0.2) is 13.3 Å². The summed E-state index contributed by atoms with van der Waals surface area (Å²) >= 11 is 0. The molecule has 1 aromatic rings. The number of ether oxygens (including phenoxy) is 1. The van der Waals surface area contributed by atoms with Crippen LogP contribution in [0.4, 0.5) is 4.39 Å². The standard InChI is InChI=1S/C18H27FO/c1-2-4-15-5-7-16(8-6-15)17-9-11-18(12-10-17)20-14-3-13-19/h9-12,15-16H,2-8,13-14H2,1H3. The molecule has 112 valence electrons. The van der Waals surface area contributed by atoms with Crippen molar-refractivity contribution in [1.82, 2.24) is 0 Å². The molecule has 0 atom stereocenters. The minimum absolute atomic E-state index is 0.306. The number of alkyl halides is 1. The van der Waals surface area contributed by atoms with Crippen LogP contribution >= 0.6 is 0 Å². The van der Waals surface area contributed by atoms with Crippen molar-refractivity contribution in [3.05, 3.63) is 29.8 Å². The first-order valence-electron chi connectivity index (χ1n) is 8.12. The predicted octanol–water partition coefficient (Wildman–Crippen LogP) is 5.50. The summed E-state index contributed by atoms with van der Waals surface area (Å²) in [6.45, 7) is 2.45. The largest absolute Gasteiger partial charge is 0.494 e. The molecule has 0 bridgehead atoms. The Morgan fingerprint density at radius 1 is 1.10 bits per heavy atom. The molecule has 0 heterocycles. The highest BCUT2D eigenvalue weighted by Gasteiger charge is 2.21. The van der Waals surface area contributed by atoms with E-state index in [-0.39, 0.29) is 6.67 Å². The van der Waals surface area contributed by atoms with E-state index in [9.17, 15) is 4.39 Å². The highest BCUT2D eigenvalue weighted by atomic mass is 19.1. The second kappa shape index (κ2) is 8.28. The van der Waals surface area contributed by atoms with E-state index in [1.807, 2.05) is 12.1 Å². The zero-order chi connectivity index (χ0) is 14.2. The quantitative estimate of drug-likeness (QED) is 0.598. The molecule has 0 unspecified atom stereocenters. The van der Waals surface area contributed by atoms with Gasteiger partial charge in [0.2, 0.25) is 0 Å². The summed E-state index contributed by atoms with van der Waals surface area (Å²) in [5, 5.41) is 0. The lowest BCUT2D eigenvalue weighted by molar-refractivity contribution is 0.289. The van der Waals surface area contributed by atoms with Crippen molar-refractivity contribution in [3.8, 4) is 5.75 Å². The Bertz CT molecular complexity index is 366. The fourth-order valence-electron chi connectivity index (χ4n) is 3.27. The number of halogens is 1. The predicted molar refractivity (Wildman–Crippen MR) is 82.1 cm³/mol. The van der Waals surface area contributed by atoms with Gasteiger partial charge in [-0.3, -0.25) is 4.39 Å². The van der Waals surface area contributed by atoms with Gasteiger partial charge in [0.15, 0.2) is 0 Å². The third-order valence-corrected chi connectivity index (χ3v) is 4.44. The zero-order valence-electron chi connectivity index (χ0n) is 12.6. The van der Waals surface area contributed by atoms with Crippen molar-refractivity contribution in [2.24, 2.45) is 5.92 Å². The van der Waals surface area contributed by atoms with Crippen LogP contribution in [0.2, 0.25) is 0 Å². The third-order valence-electron chi connectivity index (χ3n) is 4.44. The molecule has 1 fully saturated rings. The van der Waals surface area contributed by atoms with E-state index in [0.29, 0.717) is 13.0 Å². The van der Waals surface area contributed by atoms with E-state index in [0.717, 1.165) is 17.6 Å². The molecule has 0 radical (unpaired) electrons. The third kappa shape index (κ3) is 4.50. The van der Waals surface area contributed by atoms with Crippen LogP contribution in [-0.2, 0) is 0 Å². The van der Waals surface area contributed by atoms with E-state index in [1.54, 1.807) is 0 Å². The molecule has 0 amide bonds. The van der Waals surface area contributed by atoms with Crippen LogP contribution in [0.3, 0.4) is 0 Å². The summed E-state index contributed by atoms with van der Waals surface area (Å²) in [5.41, 5.74) is 1.44. The monoisotopic (exact) mass is 278 g/mol. The number of benzene rings is 1. The van der Waals surface area contributed by atoms with Gasteiger partial charge in [-0.2, -0.15) is 0 Å². The Morgan fingerprint density at radius 3 is 2.40 bits per heavy atom. The first kappa shape index (κ1) is 15.3. The molecule has 2 heteroatoms. The minimum atomic E-state index is -0.306. The summed E-state index contributed by atoms with van der Waals surface area (Å²) in [5.74, 6) is 2.55. The molecular weight excluding hydrogens is 251 g/mol. The summed E-state index contributed by atoms with van der Waals surface area (Å²) in [6, 6.07) is 8.45. The van der Waals surface area contributed by atoms with Crippen LogP contribution in [0.25, 0.3) is 0 Å². The van der Waals surface area contributed by atoms with Crippen LogP contribution in [0.5, 0.6) is 5.75 Å². The topological polar surface area (TPSA) is 9.23 Å². The van der Waals surface area contributed by atoms with Crippen molar-refractivity contribution in [1.29, 1.82) is 0 Å². The van der Waals surface area contributed by atoms with Crippen LogP contribution in [0.15, 0.2) is 24.3 Å². The molecule has 0 spiro atoms. The molecule has 1 aliphatic carbocycles. The number of hydrogen-bond acceptors (Lipinski definition) is 1. The Morgan fingerprint density at radius 2 is 1.80 bits per heavy atom. The number of hydrogen-bond donors (Lipinski definition) is 0. The van der Waals surface area contributed by atoms with Gasteiger partial charge in [0, 0.05) is 6.42 Å². The van der Waals surface area contributed by atoms with Gasteiger partial charge in [0.05, 0.1) is 13.3 Å². The second-order valence-corrected chi connectivity index (χ2v) is 5.97. The first-order chi connectivity index (χ1) is 9.83. The maximum Gasteiger partial charge on any atom is 0.119 e. The summed E-state index contributed by atoms with van der Waals surface area (Å²) in [4.78, 5) is 0. The second-order valence-electron chi connectivity index (χ2n) is 5.97. The van der Waals surface area contributed by atoms with E-state index in [1.165, 1.54) is 44.1 Å². The highest BCUT2D eigenvalue weighted by Crippen LogP contribution is 2.37. The van der Waals surface area contributed by atoms with Gasteiger partial charge in [-0.15, -0.1) is 0 Å². The van der Waals surface area contributed by atoms with Crippen LogP contribution in [0, 0.1) is 5.92 Å². The molecular formula is C18H27FO. The Kier molecular flexibility index (Phi) is 6.35. The van der Waals surface area contributed by atoms with Gasteiger partial charge in [0.25, 0.3) is 0 Å². The van der Waals surface area contributed by atoms with Crippen molar-refractivity contribution in [3.63, 3.8) is 0 Å². The van der Waals surface area contributed by atoms with E-state index in [4.69, 9.17) is 4.74 Å². The van der Waals surface area contributed by atoms with Gasteiger partial charge < -0.3 is 4.74 Å². The van der Waals surface area contributed by atoms with E-state index < -0.39 is 0 Å². The van der Waals surface area contributed by atoms with Gasteiger partial charge in [-0.05, 0) is 55.2 Å². The SMILES string of the molecule is CCCC1CCC(c2ccc(OCCCF)cc2)CC1. The first-order valence-corrected chi connectivity index (χ1v) is 8.12. The fraction of sp³-hybridized carbons (Fsp3) is 0.667. The minimum Gasteiger partial charge on any atom is -0.494 e. The van der Waals surface area contributed by atoms with Crippen LogP contribution < -0.4 is 4.74 Å². The average Bonchev–Trinajstić information content (AvgIpc) is 2.49. The molecule has 20 heavy (non-hydrogen) atoms. The molecule has 1 nitrogen and oxygen atoms in total. The fourth-order valence-corrected chi connectivity index (χ4v) is 3.27. The Hall–Kier alpha value is -1.05. The smallest absolute Gasteiger partial charge is 0.119 e. The maximum absolute atomic E-state index is 12.0. The normalized spacial score (nSPS) is 22.7. The lowest BCUT2D eigenvalue weighted by Gasteiger charge is -2.28. The Labute approximate surface area is 122 Å². The summed E-state index contributed by atoms with van der Waals surface area (Å²) in [7, 11) is 0. The lowest BCUT2D eigenvalue weighted by atomic mass is 9.77. The van der Waals surface area contributed by atoms with E-state index in [2.05, 4.69) is 19.1 Å². The molecule has 0 saturated heterocycles. The molecule has 1 aromatic carbocycles. The molecule has 1 saturated carbocycles. The molecule has 1 aliphatic rings. The van der Waals surface area contributed by atoms with Crippen molar-refractivity contribution < 1.29 is 9.13 Å². The summed E-state index contributed by atoms with van der Waals surface area (Å²) < 4.78 is 17.5. The molecule has 0 aliphatic heterocycles. The van der Waals surface area contributed by atoms with Gasteiger partial charge in [0.1, 0.15) is 5.75 Å². The van der Waals surface area contributed by atoms with Gasteiger partial charge >= 0.3 is 0 Å². The Balaban J connectivity index is 1.81. The lowest BCUT2D eigenvalue weighted by Crippen LogP contribution is -2.13. The van der Waals surface area contributed by atoms with Gasteiger partial charge in [-0.1, -0.05) is 31.9 Å². The molecule has 0 N–H and O–H groups in total. The van der Waals surface area contributed by atoms with Crippen LogP contribution in [0.1, 0.15) is 63.4 Å². The van der Waals surface area contributed by atoms with Crippen molar-refractivity contribution in [2.45, 2.75) is 57.8 Å². The average molecular weight is 278 g/mol. The maximum atomic E-state index is 12.0. The van der Waals surface area contributed by atoms with E-state index >= 15 is 0 Å². The van der Waals surface area contributed by atoms with Gasteiger partial charge in [-0.25, -0.2) is 0 Å². The number of rotatable bonds is 7. The molecule has 0 aromatic heterocycles. The van der Waals surface area contributed by atoms with Crippen molar-refractivity contribution in [2.75, 3.05) is 13.3 Å². The molecule has 2 rings (SSSR count). The summed E-state index contributed by atoms with van der Waals surface area (Å²) in [6.07, 6.45) is 8.61. The zero-order valence-corrected chi connectivity index (χ0v) is 12.6. The highest BCUT2D eigenvalue weighted by molar-refractivity contribution is 5.29.